The highest BCUT2D eigenvalue weighted by Crippen LogP contribution is 2.15. The number of aromatic nitrogens is 2. The predicted octanol–water partition coefficient (Wildman–Crippen LogP) is 1.88. The molecule has 0 spiro atoms. The van der Waals surface area contributed by atoms with Crippen molar-refractivity contribution in [3.63, 3.8) is 0 Å². The third-order valence-electron chi connectivity index (χ3n) is 3.18. The molecule has 2 atom stereocenters. The second-order valence-corrected chi connectivity index (χ2v) is 5.62. The van der Waals surface area contributed by atoms with Gasteiger partial charge < -0.3 is 9.26 Å². The van der Waals surface area contributed by atoms with Gasteiger partial charge in [0.15, 0.2) is 5.82 Å². The first kappa shape index (κ1) is 13.5. The second kappa shape index (κ2) is 5.80. The van der Waals surface area contributed by atoms with Gasteiger partial charge in [0.2, 0.25) is 5.89 Å². The van der Waals surface area contributed by atoms with Gasteiger partial charge in [-0.25, -0.2) is 0 Å². The van der Waals surface area contributed by atoms with E-state index in [4.69, 9.17) is 9.26 Å². The number of ether oxygens (including phenoxy) is 1. The molecular weight excluding hydrogens is 230 g/mol. The molecule has 1 aromatic rings. The summed E-state index contributed by atoms with van der Waals surface area (Å²) in [5.74, 6) is 2.08. The van der Waals surface area contributed by atoms with Gasteiger partial charge in [0.25, 0.3) is 0 Å². The third kappa shape index (κ3) is 3.53. The van der Waals surface area contributed by atoms with Crippen LogP contribution in [-0.4, -0.2) is 40.3 Å². The average molecular weight is 253 g/mol. The van der Waals surface area contributed by atoms with Crippen LogP contribution in [-0.2, 0) is 17.7 Å². The third-order valence-corrected chi connectivity index (χ3v) is 3.18. The van der Waals surface area contributed by atoms with Crippen LogP contribution in [0.5, 0.6) is 0 Å². The summed E-state index contributed by atoms with van der Waals surface area (Å²) in [7, 11) is 0. The van der Waals surface area contributed by atoms with E-state index >= 15 is 0 Å². The highest BCUT2D eigenvalue weighted by atomic mass is 16.5. The minimum Gasteiger partial charge on any atom is -0.376 e. The lowest BCUT2D eigenvalue weighted by Gasteiger charge is -2.35. The standard InChI is InChI=1S/C13H23N3O2/c1-9(2)5-12-14-13(18-15-12)7-16-6-11(4)17-8-10(16)3/h9-11H,5-8H2,1-4H3. The summed E-state index contributed by atoms with van der Waals surface area (Å²) >= 11 is 0. The Morgan fingerprint density at radius 3 is 2.89 bits per heavy atom. The fourth-order valence-corrected chi connectivity index (χ4v) is 2.17. The minimum absolute atomic E-state index is 0.277. The van der Waals surface area contributed by atoms with Crippen LogP contribution in [0, 0.1) is 5.92 Å². The summed E-state index contributed by atoms with van der Waals surface area (Å²) in [6, 6.07) is 0.404. The highest BCUT2D eigenvalue weighted by Gasteiger charge is 2.25. The Morgan fingerprint density at radius 1 is 1.39 bits per heavy atom. The number of rotatable bonds is 4. The zero-order chi connectivity index (χ0) is 13.1. The molecule has 2 heterocycles. The van der Waals surface area contributed by atoms with E-state index in [0.29, 0.717) is 17.9 Å². The van der Waals surface area contributed by atoms with Crippen molar-refractivity contribution < 1.29 is 9.26 Å². The van der Waals surface area contributed by atoms with Crippen molar-refractivity contribution in [1.82, 2.24) is 15.0 Å². The average Bonchev–Trinajstić information content (AvgIpc) is 2.70. The van der Waals surface area contributed by atoms with Gasteiger partial charge >= 0.3 is 0 Å². The minimum atomic E-state index is 0.277. The van der Waals surface area contributed by atoms with Crippen LogP contribution in [0.1, 0.15) is 39.4 Å². The lowest BCUT2D eigenvalue weighted by Crippen LogP contribution is -2.46. The van der Waals surface area contributed by atoms with E-state index in [9.17, 15) is 0 Å². The van der Waals surface area contributed by atoms with Crippen molar-refractivity contribution in [2.45, 2.75) is 52.8 Å². The number of hydrogen-bond acceptors (Lipinski definition) is 5. The lowest BCUT2D eigenvalue weighted by molar-refractivity contribution is -0.0555. The molecule has 1 aromatic heterocycles. The van der Waals surface area contributed by atoms with Gasteiger partial charge in [0.05, 0.1) is 19.3 Å². The molecule has 0 aromatic carbocycles. The van der Waals surface area contributed by atoms with E-state index in [0.717, 1.165) is 31.9 Å². The lowest BCUT2D eigenvalue weighted by atomic mass is 10.1. The monoisotopic (exact) mass is 253 g/mol. The van der Waals surface area contributed by atoms with Gasteiger partial charge in [-0.3, -0.25) is 4.90 Å². The molecule has 1 fully saturated rings. The maximum absolute atomic E-state index is 5.61. The smallest absolute Gasteiger partial charge is 0.240 e. The Hall–Kier alpha value is -0.940. The summed E-state index contributed by atoms with van der Waals surface area (Å²) in [4.78, 5) is 6.78. The van der Waals surface area contributed by atoms with Gasteiger partial charge in [0.1, 0.15) is 0 Å². The quantitative estimate of drug-likeness (QED) is 0.820. The molecule has 2 rings (SSSR count). The van der Waals surface area contributed by atoms with Crippen molar-refractivity contribution in [3.8, 4) is 0 Å². The van der Waals surface area contributed by atoms with E-state index in [1.807, 2.05) is 0 Å². The van der Waals surface area contributed by atoms with Gasteiger partial charge in [-0.2, -0.15) is 4.98 Å². The van der Waals surface area contributed by atoms with E-state index in [1.54, 1.807) is 0 Å². The SMILES string of the molecule is CC(C)Cc1noc(CN2CC(C)OCC2C)n1. The molecule has 0 aliphatic carbocycles. The maximum Gasteiger partial charge on any atom is 0.240 e. The van der Waals surface area contributed by atoms with E-state index in [1.165, 1.54) is 0 Å². The fourth-order valence-electron chi connectivity index (χ4n) is 2.17. The molecule has 0 N–H and O–H groups in total. The van der Waals surface area contributed by atoms with Gasteiger partial charge in [-0.05, 0) is 19.8 Å². The molecule has 0 amide bonds. The second-order valence-electron chi connectivity index (χ2n) is 5.62. The molecule has 0 radical (unpaired) electrons. The van der Waals surface area contributed by atoms with Crippen LogP contribution in [0.2, 0.25) is 0 Å². The Labute approximate surface area is 108 Å². The predicted molar refractivity (Wildman–Crippen MR) is 68.1 cm³/mol. The van der Waals surface area contributed by atoms with Crippen molar-refractivity contribution in [2.24, 2.45) is 5.92 Å². The van der Waals surface area contributed by atoms with Crippen LogP contribution < -0.4 is 0 Å². The van der Waals surface area contributed by atoms with Gasteiger partial charge in [0, 0.05) is 19.0 Å². The molecule has 2 unspecified atom stereocenters. The van der Waals surface area contributed by atoms with Crippen LogP contribution in [0.4, 0.5) is 0 Å². The zero-order valence-electron chi connectivity index (χ0n) is 11.7. The molecule has 1 aliphatic rings. The number of morpholine rings is 1. The Morgan fingerprint density at radius 2 is 2.17 bits per heavy atom. The van der Waals surface area contributed by atoms with Crippen molar-refractivity contribution >= 4 is 0 Å². The van der Waals surface area contributed by atoms with Crippen LogP contribution >= 0.6 is 0 Å². The summed E-state index contributed by atoms with van der Waals surface area (Å²) in [6.45, 7) is 11.0. The molecular formula is C13H23N3O2. The van der Waals surface area contributed by atoms with Gasteiger partial charge in [-0.15, -0.1) is 0 Å². The van der Waals surface area contributed by atoms with E-state index < -0.39 is 0 Å². The van der Waals surface area contributed by atoms with Gasteiger partial charge in [-0.1, -0.05) is 19.0 Å². The maximum atomic E-state index is 5.61. The molecule has 0 bridgehead atoms. The molecule has 0 saturated carbocycles. The number of nitrogens with zero attached hydrogens (tertiary/aromatic N) is 3. The zero-order valence-corrected chi connectivity index (χ0v) is 11.7. The van der Waals surface area contributed by atoms with Crippen LogP contribution in [0.15, 0.2) is 4.52 Å². The topological polar surface area (TPSA) is 51.4 Å². The largest absolute Gasteiger partial charge is 0.376 e. The van der Waals surface area contributed by atoms with Crippen LogP contribution in [0.3, 0.4) is 0 Å². The van der Waals surface area contributed by atoms with Crippen molar-refractivity contribution in [3.05, 3.63) is 11.7 Å². The summed E-state index contributed by atoms with van der Waals surface area (Å²) < 4.78 is 10.9. The van der Waals surface area contributed by atoms with Crippen molar-refractivity contribution in [1.29, 1.82) is 0 Å². The molecule has 102 valence electrons. The molecule has 1 aliphatic heterocycles. The van der Waals surface area contributed by atoms with E-state index in [2.05, 4.69) is 42.7 Å². The normalized spacial score (nSPS) is 25.8. The number of hydrogen-bond donors (Lipinski definition) is 0. The molecule has 18 heavy (non-hydrogen) atoms. The Balaban J connectivity index is 1.93. The summed E-state index contributed by atoms with van der Waals surface area (Å²) in [6.07, 6.45) is 1.15. The van der Waals surface area contributed by atoms with Crippen molar-refractivity contribution in [2.75, 3.05) is 13.2 Å². The van der Waals surface area contributed by atoms with Crippen LogP contribution in [0.25, 0.3) is 0 Å². The Bertz CT molecular complexity index is 378. The fraction of sp³-hybridized carbons (Fsp3) is 0.846. The highest BCUT2D eigenvalue weighted by molar-refractivity contribution is 4.89. The first-order chi connectivity index (χ1) is 8.54. The summed E-state index contributed by atoms with van der Waals surface area (Å²) in [5.41, 5.74) is 0. The Kier molecular flexibility index (Phi) is 4.35. The molecule has 5 heteroatoms. The van der Waals surface area contributed by atoms with E-state index in [-0.39, 0.29) is 6.10 Å². The summed E-state index contributed by atoms with van der Waals surface area (Å²) in [5, 5.41) is 4.02. The first-order valence-corrected chi connectivity index (χ1v) is 6.71. The molecule has 5 nitrogen and oxygen atoms in total. The first-order valence-electron chi connectivity index (χ1n) is 6.71. The molecule has 1 saturated heterocycles.